The highest BCUT2D eigenvalue weighted by Crippen LogP contribution is 2.32. The second-order valence-electron chi connectivity index (χ2n) is 7.75. The lowest BCUT2D eigenvalue weighted by Crippen LogP contribution is -2.17. The van der Waals surface area contributed by atoms with Crippen LogP contribution in [-0.4, -0.2) is 29.9 Å². The molecule has 0 saturated carbocycles. The number of carboxylic acids is 1. The fourth-order valence-electron chi connectivity index (χ4n) is 4.11. The van der Waals surface area contributed by atoms with Gasteiger partial charge in [0.25, 0.3) is 0 Å². The van der Waals surface area contributed by atoms with Crippen molar-refractivity contribution in [2.75, 3.05) is 14.2 Å². The SMILES string of the molecule is COc1ccc2c(CNCc3ccccc3OC)c(C(=O)O)n(Cc3ccc(F)cc3Cl)c2c1. The monoisotopic (exact) mass is 482 g/mol. The van der Waals surface area contributed by atoms with Gasteiger partial charge in [0.05, 0.1) is 19.7 Å². The standard InChI is InChI=1S/C26H24ClFN2O4/c1-33-19-9-10-20-21(14-29-13-16-5-3-4-6-24(16)34-2)25(26(31)32)30(23(20)12-19)15-17-7-8-18(28)11-22(17)27/h3-12,29H,13-15H2,1-2H3,(H,31,32). The van der Waals surface area contributed by atoms with Crippen LogP contribution in [0.1, 0.15) is 27.2 Å². The molecule has 4 aromatic rings. The molecule has 176 valence electrons. The minimum absolute atomic E-state index is 0.135. The van der Waals surface area contributed by atoms with Gasteiger partial charge in [0, 0.05) is 47.2 Å². The van der Waals surface area contributed by atoms with E-state index in [0.717, 1.165) is 16.7 Å². The molecule has 4 rings (SSSR count). The molecule has 0 amide bonds. The van der Waals surface area contributed by atoms with Crippen LogP contribution in [0.3, 0.4) is 0 Å². The summed E-state index contributed by atoms with van der Waals surface area (Å²) in [5.41, 5.74) is 3.03. The van der Waals surface area contributed by atoms with Crippen molar-refractivity contribution in [3.05, 3.63) is 93.9 Å². The number of fused-ring (bicyclic) bond motifs is 1. The van der Waals surface area contributed by atoms with Gasteiger partial charge in [-0.05, 0) is 35.9 Å². The molecule has 0 unspecified atom stereocenters. The summed E-state index contributed by atoms with van der Waals surface area (Å²) in [4.78, 5) is 12.4. The number of hydrogen-bond acceptors (Lipinski definition) is 4. The molecule has 8 heteroatoms. The first-order valence-electron chi connectivity index (χ1n) is 10.6. The molecule has 0 aliphatic rings. The molecule has 0 aliphatic heterocycles. The van der Waals surface area contributed by atoms with E-state index in [9.17, 15) is 14.3 Å². The molecule has 2 N–H and O–H groups in total. The Hall–Kier alpha value is -3.55. The van der Waals surface area contributed by atoms with Gasteiger partial charge in [0.1, 0.15) is 23.0 Å². The number of carboxylic acid groups (broad SMARTS) is 1. The van der Waals surface area contributed by atoms with Crippen molar-refractivity contribution in [3.8, 4) is 11.5 Å². The van der Waals surface area contributed by atoms with Crippen LogP contribution in [0.2, 0.25) is 5.02 Å². The normalized spacial score (nSPS) is 11.1. The quantitative estimate of drug-likeness (QED) is 0.330. The van der Waals surface area contributed by atoms with Crippen LogP contribution in [0.15, 0.2) is 60.7 Å². The van der Waals surface area contributed by atoms with E-state index >= 15 is 0 Å². The van der Waals surface area contributed by atoms with E-state index < -0.39 is 11.8 Å². The first kappa shape index (κ1) is 23.6. The van der Waals surface area contributed by atoms with Gasteiger partial charge in [-0.2, -0.15) is 0 Å². The van der Waals surface area contributed by atoms with Crippen molar-refractivity contribution in [3.63, 3.8) is 0 Å². The predicted molar refractivity (Wildman–Crippen MR) is 129 cm³/mol. The van der Waals surface area contributed by atoms with Gasteiger partial charge >= 0.3 is 5.97 Å². The maximum atomic E-state index is 13.6. The number of nitrogens with one attached hydrogen (secondary N) is 1. The summed E-state index contributed by atoms with van der Waals surface area (Å²) in [6, 6.07) is 17.2. The zero-order chi connectivity index (χ0) is 24.2. The van der Waals surface area contributed by atoms with E-state index in [0.29, 0.717) is 35.5 Å². The summed E-state index contributed by atoms with van der Waals surface area (Å²) in [6.45, 7) is 0.972. The van der Waals surface area contributed by atoms with Gasteiger partial charge in [0.15, 0.2) is 0 Å². The molecule has 0 fully saturated rings. The van der Waals surface area contributed by atoms with Crippen molar-refractivity contribution < 1.29 is 23.8 Å². The van der Waals surface area contributed by atoms with E-state index in [-0.39, 0.29) is 17.3 Å². The van der Waals surface area contributed by atoms with Crippen molar-refractivity contribution >= 4 is 28.5 Å². The van der Waals surface area contributed by atoms with E-state index in [4.69, 9.17) is 21.1 Å². The fourth-order valence-corrected chi connectivity index (χ4v) is 4.33. The molecule has 1 heterocycles. The minimum Gasteiger partial charge on any atom is -0.497 e. The van der Waals surface area contributed by atoms with Crippen LogP contribution in [0, 0.1) is 5.82 Å². The summed E-state index contributed by atoms with van der Waals surface area (Å²) >= 11 is 6.26. The Labute approximate surface area is 201 Å². The number of ether oxygens (including phenoxy) is 2. The van der Waals surface area contributed by atoms with E-state index in [1.807, 2.05) is 30.3 Å². The first-order valence-corrected chi connectivity index (χ1v) is 11.0. The fraction of sp³-hybridized carbons (Fsp3) is 0.192. The molecule has 0 aliphatic carbocycles. The van der Waals surface area contributed by atoms with Gasteiger partial charge in [-0.1, -0.05) is 35.9 Å². The minimum atomic E-state index is -1.07. The Morgan fingerprint density at radius 1 is 1.03 bits per heavy atom. The number of benzene rings is 3. The summed E-state index contributed by atoms with van der Waals surface area (Å²) in [6.07, 6.45) is 0. The third-order valence-corrected chi connectivity index (χ3v) is 6.08. The Morgan fingerprint density at radius 2 is 1.82 bits per heavy atom. The van der Waals surface area contributed by atoms with E-state index in [2.05, 4.69) is 5.32 Å². The number of carbonyl (C=O) groups is 1. The second-order valence-corrected chi connectivity index (χ2v) is 8.16. The molecule has 1 aromatic heterocycles. The molecule has 0 atom stereocenters. The average Bonchev–Trinajstić information content (AvgIpc) is 3.13. The average molecular weight is 483 g/mol. The molecule has 34 heavy (non-hydrogen) atoms. The van der Waals surface area contributed by atoms with Crippen molar-refractivity contribution in [1.82, 2.24) is 9.88 Å². The molecule has 0 radical (unpaired) electrons. The number of hydrogen-bond donors (Lipinski definition) is 2. The Bertz CT molecular complexity index is 1350. The van der Waals surface area contributed by atoms with Crippen LogP contribution in [0.4, 0.5) is 4.39 Å². The third-order valence-electron chi connectivity index (χ3n) is 5.73. The largest absolute Gasteiger partial charge is 0.497 e. The summed E-state index contributed by atoms with van der Waals surface area (Å²) in [7, 11) is 3.17. The zero-order valence-corrected chi connectivity index (χ0v) is 19.5. The Morgan fingerprint density at radius 3 is 2.53 bits per heavy atom. The summed E-state index contributed by atoms with van der Waals surface area (Å²) in [5.74, 6) is -0.163. The number of halogens is 2. The zero-order valence-electron chi connectivity index (χ0n) is 18.8. The van der Waals surface area contributed by atoms with E-state index in [1.54, 1.807) is 37.0 Å². The lowest BCUT2D eigenvalue weighted by molar-refractivity contribution is 0.0684. The Kier molecular flexibility index (Phi) is 7.05. The number of nitrogens with zero attached hydrogens (tertiary/aromatic N) is 1. The molecular formula is C26H24ClFN2O4. The lowest BCUT2D eigenvalue weighted by atomic mass is 10.1. The maximum absolute atomic E-state index is 13.6. The third kappa shape index (κ3) is 4.71. The van der Waals surface area contributed by atoms with Crippen LogP contribution in [0.5, 0.6) is 11.5 Å². The molecular weight excluding hydrogens is 459 g/mol. The number of aromatic carboxylic acids is 1. The lowest BCUT2D eigenvalue weighted by Gasteiger charge is -2.12. The van der Waals surface area contributed by atoms with Crippen LogP contribution in [0.25, 0.3) is 10.9 Å². The maximum Gasteiger partial charge on any atom is 0.352 e. The number of para-hydroxylation sites is 1. The molecule has 3 aromatic carbocycles. The first-order chi connectivity index (χ1) is 16.4. The summed E-state index contributed by atoms with van der Waals surface area (Å²) < 4.78 is 26.0. The summed E-state index contributed by atoms with van der Waals surface area (Å²) in [5, 5.41) is 14.5. The van der Waals surface area contributed by atoms with Gasteiger partial charge in [0.2, 0.25) is 0 Å². The highest BCUT2D eigenvalue weighted by atomic mass is 35.5. The van der Waals surface area contributed by atoms with Gasteiger partial charge in [-0.3, -0.25) is 0 Å². The van der Waals surface area contributed by atoms with Gasteiger partial charge < -0.3 is 24.5 Å². The van der Waals surface area contributed by atoms with Crippen LogP contribution >= 0.6 is 11.6 Å². The second kappa shape index (κ2) is 10.2. The molecule has 6 nitrogen and oxygen atoms in total. The topological polar surface area (TPSA) is 72.7 Å². The molecule has 0 bridgehead atoms. The number of aromatic nitrogens is 1. The van der Waals surface area contributed by atoms with Crippen molar-refractivity contribution in [2.24, 2.45) is 0 Å². The van der Waals surface area contributed by atoms with Gasteiger partial charge in [-0.15, -0.1) is 0 Å². The number of rotatable bonds is 9. The molecule has 0 spiro atoms. The van der Waals surface area contributed by atoms with E-state index in [1.165, 1.54) is 12.1 Å². The van der Waals surface area contributed by atoms with Crippen LogP contribution < -0.4 is 14.8 Å². The Balaban J connectivity index is 1.76. The van der Waals surface area contributed by atoms with Crippen molar-refractivity contribution in [1.29, 1.82) is 0 Å². The van der Waals surface area contributed by atoms with Gasteiger partial charge in [-0.25, -0.2) is 9.18 Å². The van der Waals surface area contributed by atoms with Crippen molar-refractivity contribution in [2.45, 2.75) is 19.6 Å². The predicted octanol–water partition coefficient (Wildman–Crippen LogP) is 5.49. The molecule has 0 saturated heterocycles. The van der Waals surface area contributed by atoms with Crippen LogP contribution in [-0.2, 0) is 19.6 Å². The highest BCUT2D eigenvalue weighted by Gasteiger charge is 2.23. The number of methoxy groups -OCH3 is 2. The smallest absolute Gasteiger partial charge is 0.352 e. The highest BCUT2D eigenvalue weighted by molar-refractivity contribution is 6.31.